The first-order valence-corrected chi connectivity index (χ1v) is 10.7. The normalized spacial score (nSPS) is 19.9. The van der Waals surface area contributed by atoms with E-state index in [0.29, 0.717) is 24.9 Å². The van der Waals surface area contributed by atoms with Crippen molar-refractivity contribution in [3.8, 4) is 0 Å². The predicted octanol–water partition coefficient (Wildman–Crippen LogP) is 1.94. The van der Waals surface area contributed by atoms with Gasteiger partial charge in [-0.15, -0.1) is 0 Å². The molecule has 2 aromatic rings. The first-order chi connectivity index (χ1) is 14.2. The lowest BCUT2D eigenvalue weighted by Crippen LogP contribution is -2.59. The van der Waals surface area contributed by atoms with Crippen molar-refractivity contribution in [2.24, 2.45) is 0 Å². The second-order valence-corrected chi connectivity index (χ2v) is 8.16. The lowest BCUT2D eigenvalue weighted by Gasteiger charge is -2.48. The second kappa shape index (κ2) is 9.05. The molecule has 7 nitrogen and oxygen atoms in total. The van der Waals surface area contributed by atoms with E-state index < -0.39 is 0 Å². The van der Waals surface area contributed by atoms with Crippen molar-refractivity contribution >= 4 is 16.8 Å². The monoisotopic (exact) mass is 398 g/mol. The third-order valence-corrected chi connectivity index (χ3v) is 6.39. The summed E-state index contributed by atoms with van der Waals surface area (Å²) in [5, 5.41) is 8.05. The fourth-order valence-electron chi connectivity index (χ4n) is 4.75. The van der Waals surface area contributed by atoms with Crippen LogP contribution in [-0.2, 0) is 16.1 Å². The van der Waals surface area contributed by atoms with Crippen LogP contribution < -0.4 is 10.7 Å². The van der Waals surface area contributed by atoms with Crippen LogP contribution in [0.25, 0.3) is 10.9 Å². The number of nitrogens with one attached hydrogen (secondary N) is 1. The number of para-hydroxylation sites is 1. The van der Waals surface area contributed by atoms with E-state index in [2.05, 4.69) is 15.3 Å². The van der Waals surface area contributed by atoms with Gasteiger partial charge in [-0.05, 0) is 25.0 Å². The van der Waals surface area contributed by atoms with E-state index in [1.54, 1.807) is 10.7 Å². The standard InChI is InChI=1S/C22H30N4O3/c27-20-16-24-26(19-7-3-2-6-18(19)20)11-8-21(28)23-17-22(9-4-1-5-10-22)25-12-14-29-15-13-25/h2-3,6-7,16H,1,4-5,8-15,17H2,(H,23,28). The van der Waals surface area contributed by atoms with Gasteiger partial charge in [0.2, 0.25) is 11.3 Å². The van der Waals surface area contributed by atoms with Crippen LogP contribution in [0.2, 0.25) is 0 Å². The van der Waals surface area contributed by atoms with Crippen molar-refractivity contribution < 1.29 is 9.53 Å². The van der Waals surface area contributed by atoms with Crippen LogP contribution in [0.15, 0.2) is 35.3 Å². The van der Waals surface area contributed by atoms with Gasteiger partial charge in [0.25, 0.3) is 0 Å². The predicted molar refractivity (Wildman–Crippen MR) is 112 cm³/mol. The van der Waals surface area contributed by atoms with Crippen molar-refractivity contribution in [1.29, 1.82) is 0 Å². The van der Waals surface area contributed by atoms with Gasteiger partial charge in [0, 0.05) is 37.0 Å². The highest BCUT2D eigenvalue weighted by atomic mass is 16.5. The van der Waals surface area contributed by atoms with E-state index in [4.69, 9.17) is 4.74 Å². The molecule has 1 aromatic heterocycles. The number of carbonyl (C=O) groups excluding carboxylic acids is 1. The maximum atomic E-state index is 12.6. The highest BCUT2D eigenvalue weighted by Gasteiger charge is 2.38. The van der Waals surface area contributed by atoms with Gasteiger partial charge in [0.15, 0.2) is 0 Å². The minimum atomic E-state index is -0.0916. The molecule has 4 rings (SSSR count). The summed E-state index contributed by atoms with van der Waals surface area (Å²) in [4.78, 5) is 27.1. The average molecular weight is 399 g/mol. The van der Waals surface area contributed by atoms with Crippen LogP contribution in [0.3, 0.4) is 0 Å². The van der Waals surface area contributed by atoms with Crippen LogP contribution in [0.5, 0.6) is 0 Å². The number of hydrogen-bond donors (Lipinski definition) is 1. The molecule has 1 aliphatic heterocycles. The van der Waals surface area contributed by atoms with Crippen LogP contribution in [0.4, 0.5) is 0 Å². The summed E-state index contributed by atoms with van der Waals surface area (Å²) >= 11 is 0. The molecule has 0 spiro atoms. The number of hydrogen-bond acceptors (Lipinski definition) is 5. The van der Waals surface area contributed by atoms with E-state index in [-0.39, 0.29) is 16.9 Å². The van der Waals surface area contributed by atoms with Crippen LogP contribution >= 0.6 is 0 Å². The number of fused-ring (bicyclic) bond motifs is 1. The van der Waals surface area contributed by atoms with Crippen molar-refractivity contribution in [2.75, 3.05) is 32.8 Å². The fourth-order valence-corrected chi connectivity index (χ4v) is 4.75. The molecule has 29 heavy (non-hydrogen) atoms. The van der Waals surface area contributed by atoms with Gasteiger partial charge < -0.3 is 10.1 Å². The van der Waals surface area contributed by atoms with Gasteiger partial charge in [-0.1, -0.05) is 31.4 Å². The Bertz CT molecular complexity index is 898. The summed E-state index contributed by atoms with van der Waals surface area (Å²) in [5.74, 6) is 0.0350. The lowest BCUT2D eigenvalue weighted by atomic mass is 9.79. The summed E-state index contributed by atoms with van der Waals surface area (Å²) in [7, 11) is 0. The molecular weight excluding hydrogens is 368 g/mol. The number of aryl methyl sites for hydroxylation is 1. The Hall–Kier alpha value is -2.25. The Kier molecular flexibility index (Phi) is 6.25. The minimum absolute atomic E-state index is 0.0350. The molecule has 1 amide bonds. The van der Waals surface area contributed by atoms with E-state index in [1.807, 2.05) is 18.2 Å². The maximum absolute atomic E-state index is 12.6. The minimum Gasteiger partial charge on any atom is -0.379 e. The number of benzene rings is 1. The van der Waals surface area contributed by atoms with Gasteiger partial charge in [-0.25, -0.2) is 0 Å². The smallest absolute Gasteiger partial charge is 0.221 e. The molecule has 1 saturated heterocycles. The number of carbonyl (C=O) groups is 1. The Morgan fingerprint density at radius 1 is 1.14 bits per heavy atom. The SMILES string of the molecule is O=C(CCn1ncc(=O)c2ccccc21)NCC1(N2CCOCC2)CCCCC1. The first kappa shape index (κ1) is 20.0. The topological polar surface area (TPSA) is 76.5 Å². The highest BCUT2D eigenvalue weighted by Crippen LogP contribution is 2.33. The van der Waals surface area contributed by atoms with Gasteiger partial charge in [0.05, 0.1) is 31.5 Å². The number of nitrogens with zero attached hydrogens (tertiary/aromatic N) is 3. The molecule has 2 fully saturated rings. The zero-order valence-electron chi connectivity index (χ0n) is 16.9. The molecule has 7 heteroatoms. The summed E-state index contributed by atoms with van der Waals surface area (Å²) in [6, 6.07) is 7.40. The largest absolute Gasteiger partial charge is 0.379 e. The molecule has 1 aliphatic carbocycles. The Labute approximate surface area is 171 Å². The highest BCUT2D eigenvalue weighted by molar-refractivity contribution is 5.79. The molecule has 156 valence electrons. The lowest BCUT2D eigenvalue weighted by molar-refractivity contribution is -0.122. The number of morpholine rings is 1. The zero-order valence-corrected chi connectivity index (χ0v) is 16.9. The number of aromatic nitrogens is 2. The fraction of sp³-hybridized carbons (Fsp3) is 0.591. The van der Waals surface area contributed by atoms with Crippen LogP contribution in [0.1, 0.15) is 38.5 Å². The number of ether oxygens (including phenoxy) is 1. The third-order valence-electron chi connectivity index (χ3n) is 6.39. The average Bonchev–Trinajstić information content (AvgIpc) is 2.79. The maximum Gasteiger partial charge on any atom is 0.221 e. The van der Waals surface area contributed by atoms with E-state index >= 15 is 0 Å². The quantitative estimate of drug-likeness (QED) is 0.805. The molecule has 2 aliphatic rings. The Morgan fingerprint density at radius 2 is 1.90 bits per heavy atom. The van der Waals surface area contributed by atoms with Crippen LogP contribution in [0, 0.1) is 0 Å². The molecule has 1 saturated carbocycles. The van der Waals surface area contributed by atoms with Crippen molar-refractivity contribution in [1.82, 2.24) is 20.0 Å². The third kappa shape index (κ3) is 4.51. The summed E-state index contributed by atoms with van der Waals surface area (Å²) in [6.45, 7) is 4.61. The van der Waals surface area contributed by atoms with E-state index in [9.17, 15) is 9.59 Å². The van der Waals surface area contributed by atoms with Gasteiger partial charge >= 0.3 is 0 Å². The molecular formula is C22H30N4O3. The van der Waals surface area contributed by atoms with Gasteiger partial charge in [0.1, 0.15) is 0 Å². The van der Waals surface area contributed by atoms with E-state index in [1.165, 1.54) is 25.5 Å². The molecule has 0 radical (unpaired) electrons. The van der Waals surface area contributed by atoms with Crippen molar-refractivity contribution in [2.45, 2.75) is 50.6 Å². The van der Waals surface area contributed by atoms with Crippen LogP contribution in [-0.4, -0.2) is 59.0 Å². The molecule has 1 aromatic carbocycles. The first-order valence-electron chi connectivity index (χ1n) is 10.7. The Balaban J connectivity index is 1.38. The summed E-state index contributed by atoms with van der Waals surface area (Å²) in [6.07, 6.45) is 7.68. The van der Waals surface area contributed by atoms with Crippen molar-refractivity contribution in [3.63, 3.8) is 0 Å². The summed E-state index contributed by atoms with van der Waals surface area (Å²) < 4.78 is 7.28. The second-order valence-electron chi connectivity index (χ2n) is 8.16. The molecule has 0 unspecified atom stereocenters. The molecule has 2 heterocycles. The molecule has 0 bridgehead atoms. The summed E-state index contributed by atoms with van der Waals surface area (Å²) in [5.41, 5.74) is 0.746. The zero-order chi connectivity index (χ0) is 20.1. The molecule has 1 N–H and O–H groups in total. The number of rotatable bonds is 6. The molecule has 0 atom stereocenters. The van der Waals surface area contributed by atoms with Gasteiger partial charge in [-0.2, -0.15) is 5.10 Å². The van der Waals surface area contributed by atoms with Crippen molar-refractivity contribution in [3.05, 3.63) is 40.7 Å². The number of amides is 1. The van der Waals surface area contributed by atoms with E-state index in [0.717, 1.165) is 44.7 Å². The Morgan fingerprint density at radius 3 is 2.69 bits per heavy atom. The van der Waals surface area contributed by atoms with Gasteiger partial charge in [-0.3, -0.25) is 19.2 Å².